The van der Waals surface area contributed by atoms with Crippen molar-refractivity contribution in [3.63, 3.8) is 0 Å². The smallest absolute Gasteiger partial charge is 0.306 e. The van der Waals surface area contributed by atoms with Gasteiger partial charge in [0.25, 0.3) is 0 Å². The van der Waals surface area contributed by atoms with E-state index < -0.39 is 101 Å². The minimum absolute atomic E-state index is 0.0876. The van der Waals surface area contributed by atoms with Gasteiger partial charge in [-0.1, -0.05) is 19.8 Å². The van der Waals surface area contributed by atoms with Gasteiger partial charge < -0.3 is 63.9 Å². The summed E-state index contributed by atoms with van der Waals surface area (Å²) in [6, 6.07) is -1.65. The van der Waals surface area contributed by atoms with Gasteiger partial charge in [0.1, 0.15) is 24.4 Å². The topological polar surface area (TPSA) is 244 Å². The zero-order valence-electron chi connectivity index (χ0n) is 36.5. The summed E-state index contributed by atoms with van der Waals surface area (Å²) in [6.07, 6.45) is -6.76. The van der Waals surface area contributed by atoms with E-state index in [0.29, 0.717) is 6.61 Å². The molecule has 0 bridgehead atoms. The second kappa shape index (κ2) is 23.5. The molecule has 0 saturated carbocycles. The molecule has 334 valence electrons. The Balaban J connectivity index is 0.000000481. The highest BCUT2D eigenvalue weighted by Gasteiger charge is 2.53. The Kier molecular flexibility index (Phi) is 22.3. The van der Waals surface area contributed by atoms with Gasteiger partial charge in [-0.25, -0.2) is 23.8 Å². The summed E-state index contributed by atoms with van der Waals surface area (Å²) in [7, 11) is -7.37. The van der Waals surface area contributed by atoms with Crippen molar-refractivity contribution < 1.29 is 58.6 Å². The first-order chi connectivity index (χ1) is 26.0. The Morgan fingerprint density at radius 1 is 0.491 bits per heavy atom. The number of piperidine rings is 3. The quantitative estimate of drug-likeness (QED) is 0.0845. The lowest BCUT2D eigenvalue weighted by Gasteiger charge is -2.48. The molecule has 0 aromatic carbocycles. The Morgan fingerprint density at radius 2 is 0.895 bits per heavy atom. The van der Waals surface area contributed by atoms with Crippen LogP contribution in [0.5, 0.6) is 0 Å². The van der Waals surface area contributed by atoms with Crippen molar-refractivity contribution in [2.75, 3.05) is 19.8 Å². The molecule has 15 atom stereocenters. The first kappa shape index (κ1) is 54.3. The van der Waals surface area contributed by atoms with Crippen LogP contribution in [-0.2, 0) is 17.7 Å². The van der Waals surface area contributed by atoms with Crippen LogP contribution < -0.4 is 16.0 Å². The third-order valence-corrected chi connectivity index (χ3v) is 13.2. The zero-order chi connectivity index (χ0) is 44.3. The van der Waals surface area contributed by atoms with Crippen LogP contribution in [0.1, 0.15) is 26.2 Å². The van der Waals surface area contributed by atoms with E-state index in [4.69, 9.17) is 41.1 Å². The highest BCUT2D eigenvalue weighted by atomic mass is 28.4. The number of hydrogen-bond acceptors (Lipinski definition) is 15. The summed E-state index contributed by atoms with van der Waals surface area (Å²) < 4.78 is 26.2. The Morgan fingerprint density at radius 3 is 1.32 bits per heavy atom. The molecule has 17 nitrogen and oxygen atoms in total. The van der Waals surface area contributed by atoms with Crippen LogP contribution >= 0.6 is 0 Å². The van der Waals surface area contributed by atoms with E-state index in [9.17, 15) is 30.6 Å². The Hall–Kier alpha value is -0.752. The molecular weight excluding hydrogens is 807 g/mol. The molecule has 3 aliphatic heterocycles. The van der Waals surface area contributed by atoms with Crippen molar-refractivity contribution >= 4 is 33.3 Å². The van der Waals surface area contributed by atoms with Crippen LogP contribution in [0.25, 0.3) is 9.69 Å². The monoisotopic (exact) mass is 883 g/mol. The lowest BCUT2D eigenvalue weighted by Crippen LogP contribution is -2.70. The molecule has 3 rings (SSSR count). The summed E-state index contributed by atoms with van der Waals surface area (Å²) in [4.78, 5) is 6.92. The number of nitrogens with one attached hydrogen (secondary N) is 3. The molecule has 21 heteroatoms. The Bertz CT molecular complexity index is 1250. The minimum atomic E-state index is -1.90. The van der Waals surface area contributed by atoms with Crippen molar-refractivity contribution in [1.82, 2.24) is 16.0 Å². The SMILES string of the molecule is CCCC[C@H]1N[C@H](CO)[C@@H](O)[C@H](O)[C@H]1O.[C-]#[N+][C@H]1N[C@H](CO)[C@@H](O)[C@H](O)[C@H]1O.[C-]#[N+][C@H]1N[C@H](CO[Si](C)(C)C)[C@@H](O[Si](C)(C)C)[C@H](O[Si](C)(C)C)[C@@H]1O[Si](C)(C)C. The average Bonchev–Trinajstić information content (AvgIpc) is 3.09. The first-order valence-electron chi connectivity index (χ1n) is 20.0. The zero-order valence-corrected chi connectivity index (χ0v) is 40.5. The van der Waals surface area contributed by atoms with E-state index in [1.165, 1.54) is 0 Å². The third-order valence-electron chi connectivity index (χ3n) is 9.22. The van der Waals surface area contributed by atoms with Crippen molar-refractivity contribution in [3.05, 3.63) is 22.8 Å². The molecule has 3 aliphatic rings. The molecule has 0 aromatic rings. The second-order valence-electron chi connectivity index (χ2n) is 19.0. The van der Waals surface area contributed by atoms with E-state index in [0.717, 1.165) is 19.3 Å². The number of hydrogen-bond donors (Lipinski definition) is 11. The second-order valence-corrected chi connectivity index (χ2v) is 36.9. The maximum atomic E-state index is 9.69. The molecule has 0 radical (unpaired) electrons. The molecule has 0 aliphatic carbocycles. The highest BCUT2D eigenvalue weighted by molar-refractivity contribution is 6.71. The van der Waals surface area contributed by atoms with E-state index in [-0.39, 0.29) is 37.0 Å². The predicted octanol–water partition coefficient (Wildman–Crippen LogP) is 0.586. The van der Waals surface area contributed by atoms with Crippen LogP contribution in [0.2, 0.25) is 78.6 Å². The number of aliphatic hydroxyl groups is 8. The fourth-order valence-corrected chi connectivity index (χ4v) is 10.5. The molecule has 0 aromatic heterocycles. The molecule has 0 amide bonds. The van der Waals surface area contributed by atoms with E-state index >= 15 is 0 Å². The number of aliphatic hydroxyl groups excluding tert-OH is 8. The highest BCUT2D eigenvalue weighted by Crippen LogP contribution is 2.31. The molecule has 0 spiro atoms. The van der Waals surface area contributed by atoms with Gasteiger partial charge in [0.15, 0.2) is 45.5 Å². The fourth-order valence-electron chi connectivity index (χ4n) is 6.54. The molecule has 3 fully saturated rings. The van der Waals surface area contributed by atoms with Crippen molar-refractivity contribution in [1.29, 1.82) is 0 Å². The molecule has 3 saturated heterocycles. The summed E-state index contributed by atoms with van der Waals surface area (Å²) in [5.74, 6) is 0. The van der Waals surface area contributed by atoms with Crippen molar-refractivity contribution in [2.24, 2.45) is 0 Å². The normalized spacial score (nSPS) is 36.4. The number of rotatable bonds is 14. The lowest BCUT2D eigenvalue weighted by molar-refractivity contribution is -0.120. The molecule has 11 N–H and O–H groups in total. The fraction of sp³-hybridized carbons (Fsp3) is 0.944. The van der Waals surface area contributed by atoms with E-state index in [2.05, 4.69) is 104 Å². The lowest BCUT2D eigenvalue weighted by atomic mass is 9.88. The largest absolute Gasteiger partial charge is 0.416 e. The van der Waals surface area contributed by atoms with Crippen LogP contribution in [0.3, 0.4) is 0 Å². The number of unbranched alkanes of at least 4 members (excludes halogenated alkanes) is 1. The van der Waals surface area contributed by atoms with Gasteiger partial charge in [-0.15, -0.1) is 0 Å². The summed E-state index contributed by atoms with van der Waals surface area (Å²) in [6.45, 7) is 42.6. The van der Waals surface area contributed by atoms with Gasteiger partial charge in [0.05, 0.1) is 56.3 Å². The van der Waals surface area contributed by atoms with E-state index in [1.54, 1.807) is 0 Å². The van der Waals surface area contributed by atoms with Crippen LogP contribution in [0.4, 0.5) is 0 Å². The van der Waals surface area contributed by atoms with Crippen LogP contribution in [-0.4, -0.2) is 185 Å². The standard InChI is InChI=1S/C19H44N2O4Si4.C10H21NO4.C7H12N2O4/c1-20-19-18(25-29(11,12)13)17(24-28(8,9)10)16(23-27(5,6)7)15(21-19)14-22-26(2,3)4;1-2-3-4-6-8(13)10(15)9(14)7(5-12)11-6;1-8-7-6(13)5(12)4(11)3(2-10)9-7/h15-19,21H,14H2,2-13H3;6-15H,2-5H2,1H3;3-7,9-13H,2H2/t15-,16-,17+,18+,19+;6-,7-,8+,9-,10-;3-,4-,5+,6-,7+/m111/s1. The summed E-state index contributed by atoms with van der Waals surface area (Å²) >= 11 is 0. The summed E-state index contributed by atoms with van der Waals surface area (Å²) in [5.41, 5.74) is 0. The molecule has 57 heavy (non-hydrogen) atoms. The summed E-state index contributed by atoms with van der Waals surface area (Å²) in [5, 5.41) is 83.3. The maximum absolute atomic E-state index is 9.69. The van der Waals surface area contributed by atoms with Gasteiger partial charge in [0, 0.05) is 6.04 Å². The van der Waals surface area contributed by atoms with Crippen molar-refractivity contribution in [2.45, 2.75) is 196 Å². The number of nitrogens with zero attached hydrogens (tertiary/aromatic N) is 2. The first-order valence-corrected chi connectivity index (χ1v) is 33.7. The Labute approximate surface area is 345 Å². The third kappa shape index (κ3) is 18.4. The van der Waals surface area contributed by atoms with Gasteiger partial charge in [-0.05, 0) is 85.0 Å². The molecule has 0 unspecified atom stereocenters. The van der Waals surface area contributed by atoms with Crippen LogP contribution in [0.15, 0.2) is 0 Å². The minimum Gasteiger partial charge on any atom is -0.416 e. The predicted molar refractivity (Wildman–Crippen MR) is 229 cm³/mol. The van der Waals surface area contributed by atoms with Gasteiger partial charge in [0.2, 0.25) is 0 Å². The van der Waals surface area contributed by atoms with Gasteiger partial charge in [-0.3, -0.25) is 9.69 Å². The van der Waals surface area contributed by atoms with Gasteiger partial charge in [-0.2, -0.15) is 0 Å². The molecule has 3 heterocycles. The van der Waals surface area contributed by atoms with E-state index in [1.807, 2.05) is 6.92 Å². The molecular formula is C36H77N5O12Si4. The van der Waals surface area contributed by atoms with Gasteiger partial charge >= 0.3 is 12.3 Å². The van der Waals surface area contributed by atoms with Crippen molar-refractivity contribution in [3.8, 4) is 0 Å². The van der Waals surface area contributed by atoms with Crippen LogP contribution in [0, 0.1) is 13.1 Å². The maximum Gasteiger partial charge on any atom is 0.306 e. The average molecular weight is 884 g/mol.